The van der Waals surface area contributed by atoms with Crippen molar-refractivity contribution in [2.45, 2.75) is 25.8 Å². The van der Waals surface area contributed by atoms with Crippen molar-refractivity contribution in [3.05, 3.63) is 59.6 Å². The van der Waals surface area contributed by atoms with Gasteiger partial charge in [0.05, 0.1) is 10.6 Å². The van der Waals surface area contributed by atoms with Gasteiger partial charge in [0.2, 0.25) is 5.91 Å². The minimum Gasteiger partial charge on any atom is -0.341 e. The standard InChI is InChI=1S/C22H26N4OS.ClH/c1-25(21(27)10-9-17-11-12-23-14-17)15-18-16-26(19-6-3-2-4-7-19)24-22(18)20-8-5-13-28-20;/h2-8,13,16-17,23H,9-12,14-15H2,1H3;1H. The number of nitrogens with zero attached hydrogens (tertiary/aromatic N) is 3. The molecule has 4 rings (SSSR count). The first kappa shape index (κ1) is 21.6. The van der Waals surface area contributed by atoms with Crippen molar-refractivity contribution < 1.29 is 4.79 Å². The molecule has 29 heavy (non-hydrogen) atoms. The van der Waals surface area contributed by atoms with Gasteiger partial charge in [0, 0.05) is 31.8 Å². The molecular weight excluding hydrogens is 404 g/mol. The van der Waals surface area contributed by atoms with E-state index in [0.29, 0.717) is 18.9 Å². The molecule has 0 aliphatic carbocycles. The Morgan fingerprint density at radius 1 is 1.28 bits per heavy atom. The number of carbonyl (C=O) groups excluding carboxylic acids is 1. The first-order chi connectivity index (χ1) is 13.7. The highest BCUT2D eigenvalue weighted by Crippen LogP contribution is 2.28. The van der Waals surface area contributed by atoms with Crippen molar-refractivity contribution in [2.24, 2.45) is 5.92 Å². The van der Waals surface area contributed by atoms with E-state index in [4.69, 9.17) is 5.10 Å². The molecule has 1 atom stereocenters. The molecule has 1 aromatic carbocycles. The first-order valence-corrected chi connectivity index (χ1v) is 10.7. The number of carbonyl (C=O) groups is 1. The van der Waals surface area contributed by atoms with E-state index >= 15 is 0 Å². The minimum absolute atomic E-state index is 0. The van der Waals surface area contributed by atoms with Crippen LogP contribution in [-0.2, 0) is 11.3 Å². The molecule has 3 heterocycles. The van der Waals surface area contributed by atoms with Gasteiger partial charge < -0.3 is 10.2 Å². The highest BCUT2D eigenvalue weighted by molar-refractivity contribution is 7.13. The summed E-state index contributed by atoms with van der Waals surface area (Å²) in [5.41, 5.74) is 3.05. The van der Waals surface area contributed by atoms with Crippen LogP contribution in [-0.4, -0.2) is 40.7 Å². The molecule has 0 saturated carbocycles. The topological polar surface area (TPSA) is 50.2 Å². The molecule has 0 bridgehead atoms. The Bertz CT molecular complexity index is 904. The van der Waals surface area contributed by atoms with Gasteiger partial charge in [-0.3, -0.25) is 4.79 Å². The van der Waals surface area contributed by atoms with Gasteiger partial charge in [-0.1, -0.05) is 24.3 Å². The van der Waals surface area contributed by atoms with Crippen LogP contribution in [0, 0.1) is 5.92 Å². The molecule has 7 heteroatoms. The molecule has 1 amide bonds. The van der Waals surface area contributed by atoms with E-state index in [1.54, 1.807) is 11.3 Å². The summed E-state index contributed by atoms with van der Waals surface area (Å²) in [7, 11) is 1.90. The Balaban J connectivity index is 0.00000240. The van der Waals surface area contributed by atoms with Gasteiger partial charge in [-0.05, 0) is 55.4 Å². The molecule has 1 aliphatic rings. The zero-order chi connectivity index (χ0) is 19.3. The summed E-state index contributed by atoms with van der Waals surface area (Å²) in [6.07, 6.45) is 4.82. The summed E-state index contributed by atoms with van der Waals surface area (Å²) in [5, 5.41) is 10.3. The second-order valence-electron chi connectivity index (χ2n) is 7.41. The second kappa shape index (κ2) is 10.1. The summed E-state index contributed by atoms with van der Waals surface area (Å²) in [6.45, 7) is 2.70. The van der Waals surface area contributed by atoms with Crippen molar-refractivity contribution in [3.8, 4) is 16.3 Å². The van der Waals surface area contributed by atoms with Crippen LogP contribution in [0.25, 0.3) is 16.3 Å². The van der Waals surface area contributed by atoms with E-state index in [1.165, 1.54) is 6.42 Å². The third kappa shape index (κ3) is 5.26. The molecule has 1 aliphatic heterocycles. The zero-order valence-corrected chi connectivity index (χ0v) is 18.2. The summed E-state index contributed by atoms with van der Waals surface area (Å²) in [6, 6.07) is 14.2. The molecule has 154 valence electrons. The van der Waals surface area contributed by atoms with Crippen LogP contribution >= 0.6 is 23.7 Å². The van der Waals surface area contributed by atoms with E-state index in [0.717, 1.165) is 41.3 Å². The van der Waals surface area contributed by atoms with Gasteiger partial charge in [0.1, 0.15) is 5.69 Å². The largest absolute Gasteiger partial charge is 0.341 e. The fraction of sp³-hybridized carbons (Fsp3) is 0.364. The summed E-state index contributed by atoms with van der Waals surface area (Å²) in [4.78, 5) is 15.6. The molecule has 5 nitrogen and oxygen atoms in total. The number of hydrogen-bond donors (Lipinski definition) is 1. The Morgan fingerprint density at radius 3 is 2.79 bits per heavy atom. The number of para-hydroxylation sites is 1. The molecular formula is C22H27ClN4OS. The molecule has 3 aromatic rings. The van der Waals surface area contributed by atoms with E-state index in [-0.39, 0.29) is 18.3 Å². The number of hydrogen-bond acceptors (Lipinski definition) is 4. The van der Waals surface area contributed by atoms with Crippen molar-refractivity contribution in [1.29, 1.82) is 0 Å². The highest BCUT2D eigenvalue weighted by atomic mass is 35.5. The maximum atomic E-state index is 12.7. The van der Waals surface area contributed by atoms with Gasteiger partial charge in [0.25, 0.3) is 0 Å². The smallest absolute Gasteiger partial charge is 0.222 e. The Kier molecular flexibility index (Phi) is 7.47. The fourth-order valence-corrected chi connectivity index (χ4v) is 4.43. The summed E-state index contributed by atoms with van der Waals surface area (Å²) < 4.78 is 1.91. The summed E-state index contributed by atoms with van der Waals surface area (Å²) >= 11 is 1.68. The number of nitrogens with one attached hydrogen (secondary N) is 1. The predicted octanol–water partition coefficient (Wildman–Crippen LogP) is 4.37. The number of halogens is 1. The molecule has 0 spiro atoms. The van der Waals surface area contributed by atoms with E-state index in [2.05, 4.69) is 23.0 Å². The third-order valence-electron chi connectivity index (χ3n) is 5.33. The van der Waals surface area contributed by atoms with Crippen molar-refractivity contribution in [2.75, 3.05) is 20.1 Å². The van der Waals surface area contributed by atoms with Gasteiger partial charge >= 0.3 is 0 Å². The lowest BCUT2D eigenvalue weighted by molar-refractivity contribution is -0.130. The zero-order valence-electron chi connectivity index (χ0n) is 16.6. The average Bonchev–Trinajstić information content (AvgIpc) is 3.47. The molecule has 1 saturated heterocycles. The van der Waals surface area contributed by atoms with Crippen LogP contribution in [0.4, 0.5) is 0 Å². The lowest BCUT2D eigenvalue weighted by atomic mass is 10.0. The third-order valence-corrected chi connectivity index (χ3v) is 6.20. The Hall–Kier alpha value is -2.15. The number of rotatable bonds is 7. The van der Waals surface area contributed by atoms with Crippen LogP contribution in [0.1, 0.15) is 24.8 Å². The average molecular weight is 431 g/mol. The monoisotopic (exact) mass is 430 g/mol. The predicted molar refractivity (Wildman–Crippen MR) is 121 cm³/mol. The first-order valence-electron chi connectivity index (χ1n) is 9.83. The molecule has 1 N–H and O–H groups in total. The van der Waals surface area contributed by atoms with Crippen LogP contribution in [0.5, 0.6) is 0 Å². The number of benzene rings is 1. The highest BCUT2D eigenvalue weighted by Gasteiger charge is 2.20. The van der Waals surface area contributed by atoms with Crippen LogP contribution in [0.3, 0.4) is 0 Å². The van der Waals surface area contributed by atoms with Gasteiger partial charge in [0.15, 0.2) is 0 Å². The van der Waals surface area contributed by atoms with Gasteiger partial charge in [-0.25, -0.2) is 4.68 Å². The van der Waals surface area contributed by atoms with Gasteiger partial charge in [-0.2, -0.15) is 5.10 Å². The van der Waals surface area contributed by atoms with Crippen molar-refractivity contribution >= 4 is 29.7 Å². The number of aromatic nitrogens is 2. The summed E-state index contributed by atoms with van der Waals surface area (Å²) in [5.74, 6) is 0.844. The Morgan fingerprint density at radius 2 is 2.10 bits per heavy atom. The lowest BCUT2D eigenvalue weighted by Gasteiger charge is -2.18. The van der Waals surface area contributed by atoms with E-state index < -0.39 is 0 Å². The van der Waals surface area contributed by atoms with Crippen molar-refractivity contribution in [3.63, 3.8) is 0 Å². The van der Waals surface area contributed by atoms with E-state index in [1.807, 2.05) is 53.0 Å². The number of amides is 1. The SMILES string of the molecule is CN(Cc1cn(-c2ccccc2)nc1-c1cccs1)C(=O)CCC1CCNC1.Cl. The molecule has 1 fully saturated rings. The van der Waals surface area contributed by atoms with Gasteiger partial charge in [-0.15, -0.1) is 23.7 Å². The maximum absolute atomic E-state index is 12.7. The second-order valence-corrected chi connectivity index (χ2v) is 8.36. The molecule has 2 aromatic heterocycles. The Labute approximate surface area is 182 Å². The van der Waals surface area contributed by atoms with Crippen molar-refractivity contribution in [1.82, 2.24) is 20.0 Å². The fourth-order valence-electron chi connectivity index (χ4n) is 3.68. The quantitative estimate of drug-likeness (QED) is 0.605. The lowest BCUT2D eigenvalue weighted by Crippen LogP contribution is -2.26. The number of thiophene rings is 1. The van der Waals surface area contributed by atoms with Crippen LogP contribution in [0.2, 0.25) is 0 Å². The molecule has 0 radical (unpaired) electrons. The maximum Gasteiger partial charge on any atom is 0.222 e. The van der Waals surface area contributed by atoms with E-state index in [9.17, 15) is 4.79 Å². The minimum atomic E-state index is 0. The van der Waals surface area contributed by atoms with Crippen LogP contribution < -0.4 is 5.32 Å². The molecule has 1 unspecified atom stereocenters. The van der Waals surface area contributed by atoms with Crippen LogP contribution in [0.15, 0.2) is 54.0 Å². The normalized spacial score (nSPS) is 15.8.